The zero-order chi connectivity index (χ0) is 11.5. The summed E-state index contributed by atoms with van der Waals surface area (Å²) in [5, 5.41) is 1.04. The first-order valence-electron chi connectivity index (χ1n) is 5.54. The van der Waals surface area contributed by atoms with Gasteiger partial charge in [0.05, 0.1) is 12.5 Å². The summed E-state index contributed by atoms with van der Waals surface area (Å²) < 4.78 is 1.78. The van der Waals surface area contributed by atoms with E-state index in [4.69, 9.17) is 0 Å². The molecular weight excluding hydrogens is 270 g/mol. The summed E-state index contributed by atoms with van der Waals surface area (Å²) in [6.07, 6.45) is 5.49. The lowest BCUT2D eigenvalue weighted by atomic mass is 9.99. The van der Waals surface area contributed by atoms with E-state index in [1.54, 1.807) is 17.1 Å². The van der Waals surface area contributed by atoms with Crippen LogP contribution in [0.4, 0.5) is 0 Å². The highest BCUT2D eigenvalue weighted by Crippen LogP contribution is 2.20. The van der Waals surface area contributed by atoms with Crippen LogP contribution in [-0.4, -0.2) is 38.8 Å². The van der Waals surface area contributed by atoms with Gasteiger partial charge < -0.3 is 9.47 Å². The number of imidazole rings is 1. The summed E-state index contributed by atoms with van der Waals surface area (Å²) in [4.78, 5) is 18.0. The topological polar surface area (TPSA) is 38.1 Å². The minimum atomic E-state index is 0.105. The Kier molecular flexibility index (Phi) is 3.63. The predicted molar refractivity (Wildman–Crippen MR) is 65.6 cm³/mol. The highest BCUT2D eigenvalue weighted by Gasteiger charge is 2.24. The fourth-order valence-electron chi connectivity index (χ4n) is 2.02. The number of hydrogen-bond acceptors (Lipinski definition) is 2. The first-order chi connectivity index (χ1) is 7.72. The number of alkyl halides is 1. The number of piperidine rings is 1. The van der Waals surface area contributed by atoms with E-state index in [1.165, 1.54) is 0 Å². The molecule has 5 heteroatoms. The van der Waals surface area contributed by atoms with Gasteiger partial charge in [0.15, 0.2) is 0 Å². The first kappa shape index (κ1) is 11.6. The van der Waals surface area contributed by atoms with Crippen LogP contribution in [-0.2, 0) is 7.05 Å². The summed E-state index contributed by atoms with van der Waals surface area (Å²) in [5.74, 6) is 0.823. The number of carbonyl (C=O) groups is 1. The average molecular weight is 286 g/mol. The highest BCUT2D eigenvalue weighted by atomic mass is 79.9. The van der Waals surface area contributed by atoms with Crippen LogP contribution in [0.25, 0.3) is 0 Å². The molecule has 1 fully saturated rings. The fraction of sp³-hybridized carbons (Fsp3) is 0.636. The number of nitrogens with zero attached hydrogens (tertiary/aromatic N) is 3. The Morgan fingerprint density at radius 3 is 2.75 bits per heavy atom. The fourth-order valence-corrected chi connectivity index (χ4v) is 2.66. The van der Waals surface area contributed by atoms with Gasteiger partial charge in [-0.25, -0.2) is 4.98 Å². The summed E-state index contributed by atoms with van der Waals surface area (Å²) in [6.45, 7) is 1.72. The van der Waals surface area contributed by atoms with Gasteiger partial charge >= 0.3 is 0 Å². The smallest absolute Gasteiger partial charge is 0.272 e. The molecule has 0 spiro atoms. The summed E-state index contributed by atoms with van der Waals surface area (Å²) in [7, 11) is 1.85. The zero-order valence-electron chi connectivity index (χ0n) is 9.40. The van der Waals surface area contributed by atoms with Gasteiger partial charge in [-0.05, 0) is 18.8 Å². The molecule has 0 aromatic carbocycles. The van der Waals surface area contributed by atoms with E-state index in [0.717, 1.165) is 37.2 Å². The number of aryl methyl sites for hydroxylation is 1. The lowest BCUT2D eigenvalue weighted by Crippen LogP contribution is -2.39. The maximum absolute atomic E-state index is 12.1. The molecule has 2 rings (SSSR count). The molecule has 88 valence electrons. The van der Waals surface area contributed by atoms with Gasteiger partial charge in [0.2, 0.25) is 0 Å². The van der Waals surface area contributed by atoms with Crippen molar-refractivity contribution in [1.29, 1.82) is 0 Å². The molecule has 1 amide bonds. The van der Waals surface area contributed by atoms with E-state index in [2.05, 4.69) is 20.9 Å². The molecule has 1 aliphatic rings. The standard InChI is InChI=1S/C11H16BrN3O/c1-14-8-13-7-10(14)11(16)15-4-2-9(6-12)3-5-15/h7-9H,2-6H2,1H3. The van der Waals surface area contributed by atoms with Gasteiger partial charge in [-0.1, -0.05) is 15.9 Å². The van der Waals surface area contributed by atoms with Gasteiger partial charge in [-0.15, -0.1) is 0 Å². The molecule has 1 aromatic rings. The van der Waals surface area contributed by atoms with Crippen molar-refractivity contribution in [3.63, 3.8) is 0 Å². The maximum Gasteiger partial charge on any atom is 0.272 e. The molecule has 16 heavy (non-hydrogen) atoms. The van der Waals surface area contributed by atoms with E-state index in [-0.39, 0.29) is 5.91 Å². The number of carbonyl (C=O) groups excluding carboxylic acids is 1. The van der Waals surface area contributed by atoms with Crippen LogP contribution in [0, 0.1) is 5.92 Å². The monoisotopic (exact) mass is 285 g/mol. The molecule has 0 radical (unpaired) electrons. The summed E-state index contributed by atoms with van der Waals surface area (Å²) in [5.41, 5.74) is 0.678. The molecule has 1 aliphatic heterocycles. The van der Waals surface area contributed by atoms with Gasteiger partial charge in [-0.2, -0.15) is 0 Å². The number of rotatable bonds is 2. The van der Waals surface area contributed by atoms with E-state index < -0.39 is 0 Å². The van der Waals surface area contributed by atoms with E-state index in [0.29, 0.717) is 5.69 Å². The van der Waals surface area contributed by atoms with Crippen LogP contribution >= 0.6 is 15.9 Å². The molecule has 0 bridgehead atoms. The first-order valence-corrected chi connectivity index (χ1v) is 6.66. The molecule has 2 heterocycles. The third kappa shape index (κ3) is 2.29. The van der Waals surface area contributed by atoms with Gasteiger partial charge in [0.25, 0.3) is 5.91 Å². The Morgan fingerprint density at radius 1 is 1.56 bits per heavy atom. The largest absolute Gasteiger partial charge is 0.337 e. The zero-order valence-corrected chi connectivity index (χ0v) is 11.0. The van der Waals surface area contributed by atoms with E-state index in [9.17, 15) is 4.79 Å². The minimum Gasteiger partial charge on any atom is -0.337 e. The van der Waals surface area contributed by atoms with Crippen LogP contribution in [0.3, 0.4) is 0 Å². The lowest BCUT2D eigenvalue weighted by Gasteiger charge is -2.31. The summed E-state index contributed by atoms with van der Waals surface area (Å²) in [6, 6.07) is 0. The lowest BCUT2D eigenvalue weighted by molar-refractivity contribution is 0.0689. The van der Waals surface area contributed by atoms with Crippen LogP contribution in [0.15, 0.2) is 12.5 Å². The summed E-state index contributed by atoms with van der Waals surface area (Å²) >= 11 is 3.50. The molecule has 1 aromatic heterocycles. The van der Waals surface area contributed by atoms with E-state index in [1.807, 2.05) is 11.9 Å². The number of aromatic nitrogens is 2. The minimum absolute atomic E-state index is 0.105. The van der Waals surface area contributed by atoms with Crippen molar-refractivity contribution in [2.45, 2.75) is 12.8 Å². The van der Waals surface area contributed by atoms with Crippen molar-refractivity contribution >= 4 is 21.8 Å². The molecule has 0 atom stereocenters. The normalized spacial score (nSPS) is 17.8. The Bertz CT molecular complexity index is 369. The van der Waals surface area contributed by atoms with Crippen molar-refractivity contribution in [2.75, 3.05) is 18.4 Å². The Balaban J connectivity index is 2.00. The van der Waals surface area contributed by atoms with Crippen LogP contribution in [0.2, 0.25) is 0 Å². The number of hydrogen-bond donors (Lipinski definition) is 0. The Labute approximate surface area is 104 Å². The second-order valence-corrected chi connectivity index (χ2v) is 4.93. The molecular formula is C11H16BrN3O. The van der Waals surface area contributed by atoms with E-state index >= 15 is 0 Å². The van der Waals surface area contributed by atoms with Crippen molar-refractivity contribution in [3.05, 3.63) is 18.2 Å². The van der Waals surface area contributed by atoms with Crippen molar-refractivity contribution in [2.24, 2.45) is 13.0 Å². The average Bonchev–Trinajstić information content (AvgIpc) is 2.75. The van der Waals surface area contributed by atoms with Crippen molar-refractivity contribution < 1.29 is 4.79 Å². The van der Waals surface area contributed by atoms with Crippen LogP contribution in [0.5, 0.6) is 0 Å². The maximum atomic E-state index is 12.1. The molecule has 0 unspecified atom stereocenters. The SMILES string of the molecule is Cn1cncc1C(=O)N1CCC(CBr)CC1. The predicted octanol–water partition coefficient (Wildman–Crippen LogP) is 1.67. The quantitative estimate of drug-likeness (QED) is 0.776. The molecule has 0 N–H and O–H groups in total. The second-order valence-electron chi connectivity index (χ2n) is 4.28. The third-order valence-electron chi connectivity index (χ3n) is 3.16. The number of likely N-dealkylation sites (tertiary alicyclic amines) is 1. The second kappa shape index (κ2) is 4.99. The number of amides is 1. The van der Waals surface area contributed by atoms with Gasteiger partial charge in [0, 0.05) is 25.5 Å². The third-order valence-corrected chi connectivity index (χ3v) is 4.07. The molecule has 0 aliphatic carbocycles. The highest BCUT2D eigenvalue weighted by molar-refractivity contribution is 9.09. The molecule has 1 saturated heterocycles. The molecule has 4 nitrogen and oxygen atoms in total. The van der Waals surface area contributed by atoms with Gasteiger partial charge in [0.1, 0.15) is 5.69 Å². The van der Waals surface area contributed by atoms with Crippen molar-refractivity contribution in [1.82, 2.24) is 14.5 Å². The van der Waals surface area contributed by atoms with Crippen molar-refractivity contribution in [3.8, 4) is 0 Å². The Hall–Kier alpha value is -0.840. The van der Waals surface area contributed by atoms with Crippen LogP contribution < -0.4 is 0 Å². The van der Waals surface area contributed by atoms with Crippen LogP contribution in [0.1, 0.15) is 23.3 Å². The number of halogens is 1. The molecule has 0 saturated carbocycles. The van der Waals surface area contributed by atoms with Gasteiger partial charge in [-0.3, -0.25) is 4.79 Å². The Morgan fingerprint density at radius 2 is 2.25 bits per heavy atom.